The van der Waals surface area contributed by atoms with Crippen molar-refractivity contribution in [1.29, 1.82) is 0 Å². The van der Waals surface area contributed by atoms with E-state index in [4.69, 9.17) is 4.74 Å². The van der Waals surface area contributed by atoms with E-state index in [9.17, 15) is 0 Å². The van der Waals surface area contributed by atoms with Crippen LogP contribution >= 0.6 is 0 Å². The van der Waals surface area contributed by atoms with Gasteiger partial charge in [-0.25, -0.2) is 4.98 Å². The Hall–Kier alpha value is -1.29. The van der Waals surface area contributed by atoms with E-state index in [1.807, 2.05) is 6.07 Å². The molecule has 1 N–H and O–H groups in total. The van der Waals surface area contributed by atoms with E-state index < -0.39 is 0 Å². The zero-order valence-electron chi connectivity index (χ0n) is 12.2. The van der Waals surface area contributed by atoms with Gasteiger partial charge in [0.1, 0.15) is 11.6 Å². The van der Waals surface area contributed by atoms with Crippen LogP contribution in [0.15, 0.2) is 18.3 Å². The summed E-state index contributed by atoms with van der Waals surface area (Å²) in [5.41, 5.74) is 0. The molecule has 0 saturated carbocycles. The van der Waals surface area contributed by atoms with Gasteiger partial charge in [-0.15, -0.1) is 0 Å². The Kier molecular flexibility index (Phi) is 5.02. The first-order chi connectivity index (χ1) is 9.19. The fourth-order valence-electron chi connectivity index (χ4n) is 2.56. The third-order valence-corrected chi connectivity index (χ3v) is 3.47. The van der Waals surface area contributed by atoms with Crippen molar-refractivity contribution < 1.29 is 4.74 Å². The number of aromatic nitrogens is 1. The van der Waals surface area contributed by atoms with Gasteiger partial charge in [0.25, 0.3) is 0 Å². The van der Waals surface area contributed by atoms with E-state index in [1.54, 1.807) is 13.3 Å². The maximum absolute atomic E-state index is 5.17. The number of rotatable bonds is 6. The molecule has 0 bridgehead atoms. The summed E-state index contributed by atoms with van der Waals surface area (Å²) in [6, 6.07) is 4.64. The topological polar surface area (TPSA) is 37.4 Å². The van der Waals surface area contributed by atoms with Crippen LogP contribution in [-0.4, -0.2) is 37.8 Å². The Balaban J connectivity index is 2.05. The second kappa shape index (κ2) is 6.75. The third kappa shape index (κ3) is 4.10. The Morgan fingerprint density at radius 2 is 2.32 bits per heavy atom. The zero-order chi connectivity index (χ0) is 13.7. The summed E-state index contributed by atoms with van der Waals surface area (Å²) in [6.45, 7) is 7.72. The minimum atomic E-state index is 0.600. The van der Waals surface area contributed by atoms with Crippen molar-refractivity contribution >= 4 is 5.82 Å². The predicted molar refractivity (Wildman–Crippen MR) is 78.9 cm³/mol. The molecule has 1 aliphatic rings. The number of nitrogens with one attached hydrogen (secondary N) is 1. The van der Waals surface area contributed by atoms with Crippen LogP contribution < -0.4 is 15.0 Å². The van der Waals surface area contributed by atoms with Crippen LogP contribution in [0.5, 0.6) is 5.75 Å². The number of pyridine rings is 1. The summed E-state index contributed by atoms with van der Waals surface area (Å²) in [5.74, 6) is 2.49. The van der Waals surface area contributed by atoms with Gasteiger partial charge >= 0.3 is 0 Å². The molecule has 1 aromatic heterocycles. The summed E-state index contributed by atoms with van der Waals surface area (Å²) in [6.07, 6.45) is 4.35. The fourth-order valence-corrected chi connectivity index (χ4v) is 2.56. The first kappa shape index (κ1) is 14.1. The summed E-state index contributed by atoms with van der Waals surface area (Å²) < 4.78 is 5.17. The quantitative estimate of drug-likeness (QED) is 0.854. The smallest absolute Gasteiger partial charge is 0.137 e. The minimum Gasteiger partial charge on any atom is -0.495 e. The van der Waals surface area contributed by atoms with Crippen LogP contribution in [0, 0.1) is 5.92 Å². The number of hydrogen-bond acceptors (Lipinski definition) is 4. The molecule has 0 radical (unpaired) electrons. The number of ether oxygens (including phenoxy) is 1. The Labute approximate surface area is 116 Å². The molecule has 4 nitrogen and oxygen atoms in total. The molecule has 106 valence electrons. The van der Waals surface area contributed by atoms with Gasteiger partial charge < -0.3 is 15.0 Å². The van der Waals surface area contributed by atoms with E-state index in [-0.39, 0.29) is 0 Å². The highest BCUT2D eigenvalue weighted by Crippen LogP contribution is 2.18. The lowest BCUT2D eigenvalue weighted by atomic mass is 10.1. The van der Waals surface area contributed by atoms with Crippen LogP contribution in [0.1, 0.15) is 26.7 Å². The average molecular weight is 263 g/mol. The SMILES string of the molecule is COc1ccc(N(CC(C)C)CC2CCCN2)nc1. The van der Waals surface area contributed by atoms with Crippen molar-refractivity contribution in [1.82, 2.24) is 10.3 Å². The second-order valence-electron chi connectivity index (χ2n) is 5.65. The third-order valence-electron chi connectivity index (χ3n) is 3.47. The van der Waals surface area contributed by atoms with Crippen molar-refractivity contribution in [2.24, 2.45) is 5.92 Å². The van der Waals surface area contributed by atoms with E-state index in [0.29, 0.717) is 12.0 Å². The molecule has 1 aromatic rings. The van der Waals surface area contributed by atoms with Crippen molar-refractivity contribution in [3.63, 3.8) is 0 Å². The van der Waals surface area contributed by atoms with E-state index in [0.717, 1.165) is 31.2 Å². The largest absolute Gasteiger partial charge is 0.495 e. The molecule has 1 fully saturated rings. The summed E-state index contributed by atoms with van der Waals surface area (Å²) in [7, 11) is 1.67. The van der Waals surface area contributed by atoms with Gasteiger partial charge in [-0.1, -0.05) is 13.8 Å². The maximum atomic E-state index is 5.17. The predicted octanol–water partition coefficient (Wildman–Crippen LogP) is 2.30. The van der Waals surface area contributed by atoms with Crippen molar-refractivity contribution in [3.05, 3.63) is 18.3 Å². The molecule has 0 aliphatic carbocycles. The van der Waals surface area contributed by atoms with Crippen molar-refractivity contribution in [2.45, 2.75) is 32.7 Å². The highest BCUT2D eigenvalue weighted by molar-refractivity contribution is 5.41. The summed E-state index contributed by atoms with van der Waals surface area (Å²) >= 11 is 0. The summed E-state index contributed by atoms with van der Waals surface area (Å²) in [5, 5.41) is 3.56. The van der Waals surface area contributed by atoms with Gasteiger partial charge in [0.15, 0.2) is 0 Å². The standard InChI is InChI=1S/C15H25N3O/c1-12(2)10-18(11-13-5-4-8-16-13)15-7-6-14(19-3)9-17-15/h6-7,9,12-13,16H,4-5,8,10-11H2,1-3H3. The first-order valence-electron chi connectivity index (χ1n) is 7.17. The molecule has 0 amide bonds. The summed E-state index contributed by atoms with van der Waals surface area (Å²) in [4.78, 5) is 6.90. The first-order valence-corrected chi connectivity index (χ1v) is 7.17. The van der Waals surface area contributed by atoms with Gasteiger partial charge in [-0.3, -0.25) is 0 Å². The molecule has 0 spiro atoms. The van der Waals surface area contributed by atoms with E-state index >= 15 is 0 Å². The Bertz CT molecular complexity index is 371. The molecular weight excluding hydrogens is 238 g/mol. The van der Waals surface area contributed by atoms with Crippen LogP contribution in [0.4, 0.5) is 5.82 Å². The molecule has 1 atom stereocenters. The van der Waals surface area contributed by atoms with Gasteiger partial charge in [-0.2, -0.15) is 0 Å². The van der Waals surface area contributed by atoms with Gasteiger partial charge in [0.2, 0.25) is 0 Å². The lowest BCUT2D eigenvalue weighted by molar-refractivity contribution is 0.412. The normalized spacial score (nSPS) is 18.8. The molecule has 1 aliphatic heterocycles. The molecular formula is C15H25N3O. The number of methoxy groups -OCH3 is 1. The fraction of sp³-hybridized carbons (Fsp3) is 0.667. The molecule has 0 aromatic carbocycles. The van der Waals surface area contributed by atoms with Gasteiger partial charge in [-0.05, 0) is 37.4 Å². The van der Waals surface area contributed by atoms with Crippen molar-refractivity contribution in [3.8, 4) is 5.75 Å². The van der Waals surface area contributed by atoms with Crippen LogP contribution in [0.3, 0.4) is 0 Å². The van der Waals surface area contributed by atoms with Crippen molar-refractivity contribution in [2.75, 3.05) is 31.6 Å². The highest BCUT2D eigenvalue weighted by Gasteiger charge is 2.19. The van der Waals surface area contributed by atoms with Gasteiger partial charge in [0.05, 0.1) is 13.3 Å². The lowest BCUT2D eigenvalue weighted by Crippen LogP contribution is -2.39. The average Bonchev–Trinajstić information content (AvgIpc) is 2.90. The maximum Gasteiger partial charge on any atom is 0.137 e. The van der Waals surface area contributed by atoms with Crippen LogP contribution in [0.25, 0.3) is 0 Å². The number of hydrogen-bond donors (Lipinski definition) is 1. The Morgan fingerprint density at radius 3 is 2.84 bits per heavy atom. The van der Waals surface area contributed by atoms with E-state index in [2.05, 4.69) is 35.1 Å². The van der Waals surface area contributed by atoms with E-state index in [1.165, 1.54) is 12.8 Å². The lowest BCUT2D eigenvalue weighted by Gasteiger charge is -2.28. The van der Waals surface area contributed by atoms with Crippen LogP contribution in [0.2, 0.25) is 0 Å². The molecule has 1 unspecified atom stereocenters. The zero-order valence-corrected chi connectivity index (χ0v) is 12.2. The second-order valence-corrected chi connectivity index (χ2v) is 5.65. The molecule has 4 heteroatoms. The highest BCUT2D eigenvalue weighted by atomic mass is 16.5. The van der Waals surface area contributed by atoms with Gasteiger partial charge in [0, 0.05) is 19.1 Å². The Morgan fingerprint density at radius 1 is 1.47 bits per heavy atom. The minimum absolute atomic E-state index is 0.600. The number of nitrogens with zero attached hydrogens (tertiary/aromatic N) is 2. The molecule has 19 heavy (non-hydrogen) atoms. The molecule has 2 rings (SSSR count). The molecule has 1 saturated heterocycles. The van der Waals surface area contributed by atoms with Crippen LogP contribution in [-0.2, 0) is 0 Å². The molecule has 2 heterocycles. The monoisotopic (exact) mass is 263 g/mol. The number of anilines is 1.